The fourth-order valence-electron chi connectivity index (χ4n) is 2.20. The topological polar surface area (TPSA) is 50.2 Å². The molecular weight excluding hydrogens is 290 g/mol. The van der Waals surface area contributed by atoms with E-state index in [1.165, 1.54) is 4.52 Å². The van der Waals surface area contributed by atoms with E-state index in [1.807, 2.05) is 39.8 Å². The number of fused-ring (bicyclic) bond motifs is 1. The van der Waals surface area contributed by atoms with Crippen LogP contribution in [0, 0.1) is 0 Å². The maximum atomic E-state index is 12.5. The molecule has 0 spiro atoms. The standard InChI is InChI=1S/C14H9N3OS2/c18-14-12(10-2-4-20-8-10)5-15-13-11(6-16-17(13)14)9-1-3-19-7-9/h1-8,16H. The molecule has 0 unspecified atom stereocenters. The zero-order chi connectivity index (χ0) is 13.5. The van der Waals surface area contributed by atoms with Crippen molar-refractivity contribution in [2.24, 2.45) is 0 Å². The van der Waals surface area contributed by atoms with Gasteiger partial charge in [0.05, 0.1) is 5.56 Å². The zero-order valence-corrected chi connectivity index (χ0v) is 11.9. The summed E-state index contributed by atoms with van der Waals surface area (Å²) in [5.74, 6) is 0. The SMILES string of the molecule is O=c1c(-c2ccsc2)cnc2c(-c3ccsc3)c[nH]n12. The molecule has 0 aromatic carbocycles. The monoisotopic (exact) mass is 299 g/mol. The van der Waals surface area contributed by atoms with E-state index in [-0.39, 0.29) is 5.56 Å². The van der Waals surface area contributed by atoms with Crippen LogP contribution in [0.5, 0.6) is 0 Å². The lowest BCUT2D eigenvalue weighted by atomic mass is 10.2. The Balaban J connectivity index is 1.98. The lowest BCUT2D eigenvalue weighted by Gasteiger charge is -1.99. The summed E-state index contributed by atoms with van der Waals surface area (Å²) >= 11 is 3.19. The minimum atomic E-state index is -0.0742. The number of nitrogens with zero attached hydrogens (tertiary/aromatic N) is 2. The molecule has 4 rings (SSSR count). The lowest BCUT2D eigenvalue weighted by molar-refractivity contribution is 0.902. The van der Waals surface area contributed by atoms with Crippen LogP contribution < -0.4 is 5.56 Å². The minimum absolute atomic E-state index is 0.0742. The molecule has 4 aromatic rings. The van der Waals surface area contributed by atoms with Gasteiger partial charge in [-0.25, -0.2) is 9.50 Å². The van der Waals surface area contributed by atoms with Gasteiger partial charge in [-0.05, 0) is 44.8 Å². The normalized spacial score (nSPS) is 11.2. The molecule has 0 atom stereocenters. The molecule has 0 aliphatic rings. The summed E-state index contributed by atoms with van der Waals surface area (Å²) in [5, 5.41) is 11.0. The first kappa shape index (κ1) is 11.6. The fourth-order valence-corrected chi connectivity index (χ4v) is 3.52. The summed E-state index contributed by atoms with van der Waals surface area (Å²) in [6.07, 6.45) is 3.48. The van der Waals surface area contributed by atoms with Crippen molar-refractivity contribution in [3.8, 4) is 22.3 Å². The highest BCUT2D eigenvalue weighted by molar-refractivity contribution is 7.08. The largest absolute Gasteiger partial charge is 0.296 e. The number of hydrogen-bond acceptors (Lipinski definition) is 4. The molecule has 20 heavy (non-hydrogen) atoms. The molecule has 0 radical (unpaired) electrons. The number of aromatic amines is 1. The molecule has 0 saturated heterocycles. The number of rotatable bonds is 2. The number of thiophene rings is 2. The Morgan fingerprint density at radius 1 is 1.05 bits per heavy atom. The van der Waals surface area contributed by atoms with Gasteiger partial charge in [-0.15, -0.1) is 0 Å². The maximum absolute atomic E-state index is 12.5. The van der Waals surface area contributed by atoms with Crippen LogP contribution in [0.4, 0.5) is 0 Å². The zero-order valence-electron chi connectivity index (χ0n) is 10.2. The van der Waals surface area contributed by atoms with Crippen LogP contribution in [0.15, 0.2) is 50.8 Å². The molecule has 0 fully saturated rings. The Morgan fingerprint density at radius 3 is 2.40 bits per heavy atom. The average Bonchev–Trinajstić information content (AvgIpc) is 3.20. The van der Waals surface area contributed by atoms with Crippen molar-refractivity contribution < 1.29 is 0 Å². The van der Waals surface area contributed by atoms with E-state index in [9.17, 15) is 4.79 Å². The first-order valence-electron chi connectivity index (χ1n) is 5.99. The molecule has 0 saturated carbocycles. The van der Waals surface area contributed by atoms with E-state index in [0.29, 0.717) is 11.2 Å². The second-order valence-corrected chi connectivity index (χ2v) is 5.91. The van der Waals surface area contributed by atoms with Crippen LogP contribution in [0.2, 0.25) is 0 Å². The maximum Gasteiger partial charge on any atom is 0.280 e. The van der Waals surface area contributed by atoms with Gasteiger partial charge in [0, 0.05) is 18.0 Å². The van der Waals surface area contributed by atoms with E-state index in [0.717, 1.165) is 16.7 Å². The Kier molecular flexibility index (Phi) is 2.58. The first-order chi connectivity index (χ1) is 9.84. The third-order valence-corrected chi connectivity index (χ3v) is 4.57. The van der Waals surface area contributed by atoms with Gasteiger partial charge in [-0.3, -0.25) is 9.89 Å². The third kappa shape index (κ3) is 1.65. The van der Waals surface area contributed by atoms with Crippen LogP contribution in [0.3, 0.4) is 0 Å². The van der Waals surface area contributed by atoms with E-state index in [4.69, 9.17) is 0 Å². The number of hydrogen-bond donors (Lipinski definition) is 1. The molecule has 4 aromatic heterocycles. The summed E-state index contributed by atoms with van der Waals surface area (Å²) in [6, 6.07) is 3.95. The van der Waals surface area contributed by atoms with Crippen LogP contribution in [-0.2, 0) is 0 Å². The molecule has 4 nitrogen and oxygen atoms in total. The van der Waals surface area contributed by atoms with Crippen molar-refractivity contribution in [1.82, 2.24) is 14.6 Å². The number of nitrogens with one attached hydrogen (secondary N) is 1. The fraction of sp³-hybridized carbons (Fsp3) is 0. The lowest BCUT2D eigenvalue weighted by Crippen LogP contribution is -2.16. The van der Waals surface area contributed by atoms with Crippen LogP contribution in [-0.4, -0.2) is 14.6 Å². The van der Waals surface area contributed by atoms with Gasteiger partial charge in [0.2, 0.25) is 0 Å². The molecular formula is C14H9N3OS2. The molecule has 0 aliphatic heterocycles. The molecule has 98 valence electrons. The summed E-state index contributed by atoms with van der Waals surface area (Å²) in [7, 11) is 0. The third-order valence-electron chi connectivity index (χ3n) is 3.20. The second-order valence-electron chi connectivity index (χ2n) is 4.35. The van der Waals surface area contributed by atoms with Gasteiger partial charge in [0.25, 0.3) is 5.56 Å². The summed E-state index contributed by atoms with van der Waals surface area (Å²) in [4.78, 5) is 17.0. The van der Waals surface area contributed by atoms with Crippen LogP contribution in [0.1, 0.15) is 0 Å². The van der Waals surface area contributed by atoms with Crippen molar-refractivity contribution in [2.75, 3.05) is 0 Å². The number of H-pyrrole nitrogens is 1. The predicted octanol–water partition coefficient (Wildman–Crippen LogP) is 3.48. The Morgan fingerprint density at radius 2 is 1.75 bits per heavy atom. The van der Waals surface area contributed by atoms with Gasteiger partial charge in [-0.1, -0.05) is 0 Å². The van der Waals surface area contributed by atoms with Gasteiger partial charge in [0.1, 0.15) is 0 Å². The number of aromatic nitrogens is 3. The predicted molar refractivity (Wildman–Crippen MR) is 82.4 cm³/mol. The molecule has 0 bridgehead atoms. The molecule has 1 N–H and O–H groups in total. The quantitative estimate of drug-likeness (QED) is 0.616. The molecule has 0 amide bonds. The van der Waals surface area contributed by atoms with Crippen molar-refractivity contribution in [3.63, 3.8) is 0 Å². The van der Waals surface area contributed by atoms with E-state index in [1.54, 1.807) is 28.9 Å². The van der Waals surface area contributed by atoms with E-state index in [2.05, 4.69) is 10.1 Å². The van der Waals surface area contributed by atoms with Gasteiger partial charge >= 0.3 is 0 Å². The first-order valence-corrected chi connectivity index (χ1v) is 7.87. The van der Waals surface area contributed by atoms with Gasteiger partial charge in [-0.2, -0.15) is 22.7 Å². The van der Waals surface area contributed by atoms with Crippen LogP contribution in [0.25, 0.3) is 27.9 Å². The van der Waals surface area contributed by atoms with Crippen LogP contribution >= 0.6 is 22.7 Å². The van der Waals surface area contributed by atoms with E-state index >= 15 is 0 Å². The smallest absolute Gasteiger partial charge is 0.280 e. The molecule has 0 aliphatic carbocycles. The highest BCUT2D eigenvalue weighted by Gasteiger charge is 2.13. The summed E-state index contributed by atoms with van der Waals surface area (Å²) in [6.45, 7) is 0. The molecule has 6 heteroatoms. The van der Waals surface area contributed by atoms with Crippen molar-refractivity contribution >= 4 is 28.3 Å². The summed E-state index contributed by atoms with van der Waals surface area (Å²) < 4.78 is 1.50. The highest BCUT2D eigenvalue weighted by Crippen LogP contribution is 2.25. The Bertz CT molecular complexity index is 917. The molecule has 4 heterocycles. The van der Waals surface area contributed by atoms with E-state index < -0.39 is 0 Å². The Labute approximate surface area is 122 Å². The highest BCUT2D eigenvalue weighted by atomic mass is 32.1. The minimum Gasteiger partial charge on any atom is -0.296 e. The van der Waals surface area contributed by atoms with Crippen molar-refractivity contribution in [3.05, 3.63) is 56.4 Å². The average molecular weight is 299 g/mol. The van der Waals surface area contributed by atoms with Gasteiger partial charge < -0.3 is 0 Å². The summed E-state index contributed by atoms with van der Waals surface area (Å²) in [5.41, 5.74) is 4.13. The Hall–Kier alpha value is -2.18. The van der Waals surface area contributed by atoms with Crippen molar-refractivity contribution in [1.29, 1.82) is 0 Å². The second kappa shape index (κ2) is 4.43. The van der Waals surface area contributed by atoms with Crippen molar-refractivity contribution in [2.45, 2.75) is 0 Å². The van der Waals surface area contributed by atoms with Gasteiger partial charge in [0.15, 0.2) is 5.65 Å².